The lowest BCUT2D eigenvalue weighted by Gasteiger charge is -2.27. The third-order valence-corrected chi connectivity index (χ3v) is 2.81. The molecule has 15 heavy (non-hydrogen) atoms. The molecule has 0 saturated carbocycles. The van der Waals surface area contributed by atoms with Crippen LogP contribution >= 0.6 is 0 Å². The van der Waals surface area contributed by atoms with Gasteiger partial charge in [0.2, 0.25) is 0 Å². The van der Waals surface area contributed by atoms with E-state index < -0.39 is 29.9 Å². The molecule has 2 fully saturated rings. The Morgan fingerprint density at radius 1 is 1.47 bits per heavy atom. The standard InChI is InChI=1S/C10H16O5/c1-4-6-7-10(5-11,8(12)13-6)15-9(2,3)14-7/h4,6-8,11-12H,1,5H2,2-3H3/t6-,7+,8+,10+/m1/s1. The molecule has 5 heteroatoms. The van der Waals surface area contributed by atoms with Crippen molar-refractivity contribution in [3.63, 3.8) is 0 Å². The molecule has 0 aromatic carbocycles. The van der Waals surface area contributed by atoms with Crippen LogP contribution in [-0.2, 0) is 14.2 Å². The molecule has 0 spiro atoms. The summed E-state index contributed by atoms with van der Waals surface area (Å²) in [5, 5.41) is 19.1. The van der Waals surface area contributed by atoms with Crippen molar-refractivity contribution < 1.29 is 24.4 Å². The molecule has 2 aliphatic rings. The first-order valence-corrected chi connectivity index (χ1v) is 4.90. The minimum Gasteiger partial charge on any atom is -0.393 e. The van der Waals surface area contributed by atoms with Crippen molar-refractivity contribution in [3.8, 4) is 0 Å². The Labute approximate surface area is 88.3 Å². The number of hydrogen-bond acceptors (Lipinski definition) is 5. The number of fused-ring (bicyclic) bond motifs is 1. The summed E-state index contributed by atoms with van der Waals surface area (Å²) in [4.78, 5) is 0. The van der Waals surface area contributed by atoms with Gasteiger partial charge >= 0.3 is 0 Å². The van der Waals surface area contributed by atoms with Crippen LogP contribution in [0, 0.1) is 0 Å². The van der Waals surface area contributed by atoms with E-state index in [1.165, 1.54) is 6.08 Å². The van der Waals surface area contributed by atoms with Crippen LogP contribution in [0.5, 0.6) is 0 Å². The number of aliphatic hydroxyl groups excluding tert-OH is 2. The van der Waals surface area contributed by atoms with Crippen molar-refractivity contribution in [1.82, 2.24) is 0 Å². The third kappa shape index (κ3) is 1.43. The van der Waals surface area contributed by atoms with E-state index in [-0.39, 0.29) is 6.61 Å². The molecule has 5 nitrogen and oxygen atoms in total. The number of rotatable bonds is 2. The molecular formula is C10H16O5. The third-order valence-electron chi connectivity index (χ3n) is 2.81. The topological polar surface area (TPSA) is 68.2 Å². The average Bonchev–Trinajstić information content (AvgIpc) is 2.58. The SMILES string of the molecule is C=C[C@H]1O[C@H](O)[C@@]2(CO)OC(C)(C)O[C@@H]12. The summed E-state index contributed by atoms with van der Waals surface area (Å²) in [6, 6.07) is 0. The summed E-state index contributed by atoms with van der Waals surface area (Å²) in [7, 11) is 0. The van der Waals surface area contributed by atoms with Crippen LogP contribution in [0.25, 0.3) is 0 Å². The summed E-state index contributed by atoms with van der Waals surface area (Å²) in [6.45, 7) is 6.71. The summed E-state index contributed by atoms with van der Waals surface area (Å²) in [5.74, 6) is -0.834. The van der Waals surface area contributed by atoms with Crippen LogP contribution in [0.4, 0.5) is 0 Å². The van der Waals surface area contributed by atoms with E-state index >= 15 is 0 Å². The van der Waals surface area contributed by atoms with E-state index in [0.717, 1.165) is 0 Å². The van der Waals surface area contributed by atoms with E-state index in [2.05, 4.69) is 6.58 Å². The lowest BCUT2D eigenvalue weighted by molar-refractivity contribution is -0.249. The molecule has 2 heterocycles. The molecule has 0 radical (unpaired) electrons. The van der Waals surface area contributed by atoms with Gasteiger partial charge in [0.05, 0.1) is 6.61 Å². The van der Waals surface area contributed by atoms with Gasteiger partial charge in [-0.15, -0.1) is 6.58 Å². The van der Waals surface area contributed by atoms with Gasteiger partial charge in [0.25, 0.3) is 0 Å². The van der Waals surface area contributed by atoms with Crippen molar-refractivity contribution in [1.29, 1.82) is 0 Å². The van der Waals surface area contributed by atoms with Crippen LogP contribution in [0.2, 0.25) is 0 Å². The van der Waals surface area contributed by atoms with Gasteiger partial charge in [0.15, 0.2) is 17.7 Å². The fraction of sp³-hybridized carbons (Fsp3) is 0.800. The van der Waals surface area contributed by atoms with E-state index in [9.17, 15) is 10.2 Å². The normalized spacial score (nSPS) is 47.9. The van der Waals surface area contributed by atoms with Crippen LogP contribution < -0.4 is 0 Å². The Hall–Kier alpha value is -0.460. The lowest BCUT2D eigenvalue weighted by atomic mass is 9.96. The highest BCUT2D eigenvalue weighted by atomic mass is 16.8. The molecule has 0 amide bonds. The fourth-order valence-electron chi connectivity index (χ4n) is 2.20. The zero-order valence-corrected chi connectivity index (χ0v) is 8.84. The highest BCUT2D eigenvalue weighted by Crippen LogP contribution is 2.45. The van der Waals surface area contributed by atoms with Gasteiger partial charge < -0.3 is 24.4 Å². The molecule has 4 atom stereocenters. The molecule has 0 aliphatic carbocycles. The molecule has 2 aliphatic heterocycles. The molecule has 2 N–H and O–H groups in total. The van der Waals surface area contributed by atoms with Gasteiger partial charge in [-0.2, -0.15) is 0 Å². The van der Waals surface area contributed by atoms with Crippen molar-refractivity contribution in [2.45, 2.75) is 43.7 Å². The molecule has 86 valence electrons. The largest absolute Gasteiger partial charge is 0.393 e. The minimum atomic E-state index is -1.20. The van der Waals surface area contributed by atoms with E-state index in [0.29, 0.717) is 0 Å². The molecule has 0 aromatic rings. The maximum atomic E-state index is 9.75. The molecule has 0 aromatic heterocycles. The monoisotopic (exact) mass is 216 g/mol. The average molecular weight is 216 g/mol. The Morgan fingerprint density at radius 3 is 2.67 bits per heavy atom. The lowest BCUT2D eigenvalue weighted by Crippen LogP contribution is -2.49. The molecule has 2 rings (SSSR count). The minimum absolute atomic E-state index is 0.355. The van der Waals surface area contributed by atoms with Crippen LogP contribution in [0.1, 0.15) is 13.8 Å². The summed E-state index contributed by atoms with van der Waals surface area (Å²) >= 11 is 0. The summed E-state index contributed by atoms with van der Waals surface area (Å²) < 4.78 is 16.4. The quantitative estimate of drug-likeness (QED) is 0.624. The first-order chi connectivity index (χ1) is 6.95. The second-order valence-corrected chi connectivity index (χ2v) is 4.34. The predicted octanol–water partition coefficient (Wildman–Crippen LogP) is -0.228. The molecule has 0 unspecified atom stereocenters. The maximum absolute atomic E-state index is 9.75. The fourth-order valence-corrected chi connectivity index (χ4v) is 2.20. The zero-order chi connectivity index (χ0) is 11.3. The van der Waals surface area contributed by atoms with Gasteiger partial charge in [-0.25, -0.2) is 0 Å². The maximum Gasteiger partial charge on any atom is 0.190 e. The Balaban J connectivity index is 2.34. The van der Waals surface area contributed by atoms with Crippen molar-refractivity contribution in [3.05, 3.63) is 12.7 Å². The van der Waals surface area contributed by atoms with Gasteiger partial charge in [-0.1, -0.05) is 6.08 Å². The van der Waals surface area contributed by atoms with E-state index in [1.54, 1.807) is 13.8 Å². The number of hydrogen-bond donors (Lipinski definition) is 2. The Morgan fingerprint density at radius 2 is 2.13 bits per heavy atom. The predicted molar refractivity (Wildman–Crippen MR) is 50.9 cm³/mol. The summed E-state index contributed by atoms with van der Waals surface area (Å²) in [5.41, 5.74) is -1.19. The Bertz CT molecular complexity index is 277. The highest BCUT2D eigenvalue weighted by Gasteiger charge is 2.65. The van der Waals surface area contributed by atoms with Crippen molar-refractivity contribution in [2.75, 3.05) is 6.61 Å². The smallest absolute Gasteiger partial charge is 0.190 e. The van der Waals surface area contributed by atoms with Crippen molar-refractivity contribution in [2.24, 2.45) is 0 Å². The van der Waals surface area contributed by atoms with Crippen LogP contribution in [0.15, 0.2) is 12.7 Å². The first-order valence-electron chi connectivity index (χ1n) is 4.90. The van der Waals surface area contributed by atoms with Crippen LogP contribution in [0.3, 0.4) is 0 Å². The first kappa shape index (κ1) is 11.0. The van der Waals surface area contributed by atoms with E-state index in [1.807, 2.05) is 0 Å². The number of aliphatic hydroxyl groups is 2. The molecular weight excluding hydrogens is 200 g/mol. The van der Waals surface area contributed by atoms with Gasteiger partial charge in [-0.3, -0.25) is 0 Å². The van der Waals surface area contributed by atoms with E-state index in [4.69, 9.17) is 14.2 Å². The molecule has 2 saturated heterocycles. The van der Waals surface area contributed by atoms with Crippen molar-refractivity contribution >= 4 is 0 Å². The second-order valence-electron chi connectivity index (χ2n) is 4.34. The Kier molecular flexibility index (Phi) is 2.40. The second kappa shape index (κ2) is 3.26. The molecule has 0 bridgehead atoms. The summed E-state index contributed by atoms with van der Waals surface area (Å²) in [6.07, 6.45) is -0.646. The zero-order valence-electron chi connectivity index (χ0n) is 8.84. The number of ether oxygens (including phenoxy) is 3. The highest BCUT2D eigenvalue weighted by molar-refractivity contribution is 5.10. The van der Waals surface area contributed by atoms with Crippen LogP contribution in [-0.4, -0.2) is 46.7 Å². The van der Waals surface area contributed by atoms with Gasteiger partial charge in [0.1, 0.15) is 12.2 Å². The van der Waals surface area contributed by atoms with Gasteiger partial charge in [0, 0.05) is 0 Å². The van der Waals surface area contributed by atoms with Gasteiger partial charge in [-0.05, 0) is 13.8 Å².